The molecule has 418 valence electrons. The number of hydrogen-bond donors (Lipinski definition) is 3. The number of fused-ring (bicyclic) bond motifs is 6. The molecule has 0 amide bonds. The van der Waals surface area contributed by atoms with Crippen molar-refractivity contribution in [1.82, 2.24) is 9.55 Å². The van der Waals surface area contributed by atoms with Gasteiger partial charge in [-0.05, 0) is 194 Å². The normalized spacial score (nSPS) is 40.1. The minimum absolute atomic E-state index is 0.0320. The van der Waals surface area contributed by atoms with Crippen LogP contribution in [0.3, 0.4) is 0 Å². The Balaban J connectivity index is 0.954. The number of benzene rings is 1. The van der Waals surface area contributed by atoms with E-state index < -0.39 is 39.5 Å². The summed E-state index contributed by atoms with van der Waals surface area (Å²) in [5.41, 5.74) is 8.70. The molecule has 2 spiro atoms. The predicted octanol–water partition coefficient (Wildman–Crippen LogP) is 14.6. The van der Waals surface area contributed by atoms with Gasteiger partial charge in [0.05, 0.1) is 28.8 Å². The molecule has 77 heavy (non-hydrogen) atoms. The lowest BCUT2D eigenvalue weighted by molar-refractivity contribution is -0.303. The molecule has 3 aromatic rings. The number of hydrogen-bond acceptors (Lipinski definition) is 6. The molecule has 3 N–H and O–H groups in total. The van der Waals surface area contributed by atoms with Crippen molar-refractivity contribution in [3.8, 4) is 0 Å². The van der Waals surface area contributed by atoms with E-state index in [0.717, 1.165) is 109 Å². The van der Waals surface area contributed by atoms with E-state index in [9.17, 15) is 10.2 Å². The number of Topliss-reactive ketones (excluding diaryl/α,β-unsaturated/α-hetero) is 2. The molecule has 2 saturated heterocycles. The summed E-state index contributed by atoms with van der Waals surface area (Å²) in [5, 5.41) is 27.0. The zero-order valence-electron chi connectivity index (χ0n) is 48.6. The Bertz CT molecular complexity index is 2840. The lowest BCUT2D eigenvalue weighted by Crippen LogP contribution is -2.76. The highest BCUT2D eigenvalue weighted by Crippen LogP contribution is 2.85. The molecule has 8 nitrogen and oxygen atoms in total. The number of aliphatic hydroxyl groups excluding tert-OH is 2. The minimum atomic E-state index is -0.718. The van der Waals surface area contributed by atoms with Gasteiger partial charge in [-0.2, -0.15) is 0 Å². The molecule has 1 aromatic carbocycles. The number of rotatable bonds is 8. The number of allylic oxidation sites excluding steroid dienone is 1. The smallest absolute Gasteiger partial charge is 0.160 e. The standard InChI is InChI=1S/C69H96N2O6/c1-62(2)60(77-62)52(73)35-63(3)28-21-45-38-70-56-48(33-42-31-46(43-17-9-8-10-18-43)34-47(32-42)44-22-29-76-30-23-44)39-71(57(45)56)40-50-54-55(63)51(72)36-64(54,4)65(5)41-68(24-13-14-25-68)61-66(6,49-19-11-12-20-49)53(74)37-69(26-15-16-27-69)67(61,7)59(65)58(50)75/h31-32,34,38-39,43-44,49-50,52,58-61,70,73,75H,8-30,33,35-37,40-41H2,1-7H3/t50-,52-,58-,59+,60-,61+,63+,64+,65+,66-,67+/m1/s1. The van der Waals surface area contributed by atoms with Crippen molar-refractivity contribution in [2.45, 2.75) is 258 Å². The number of ketones is 2. The highest BCUT2D eigenvalue weighted by molar-refractivity contribution is 6.02. The fourth-order valence-electron chi connectivity index (χ4n) is 23.2. The fourth-order valence-corrected chi connectivity index (χ4v) is 23.2. The van der Waals surface area contributed by atoms with Crippen LogP contribution in [-0.4, -0.2) is 68.5 Å². The molecular weight excluding hydrogens is 953 g/mol. The molecule has 0 unspecified atom stereocenters. The maximum absolute atomic E-state index is 16.1. The molecule has 7 saturated carbocycles. The largest absolute Gasteiger partial charge is 0.392 e. The van der Waals surface area contributed by atoms with Crippen LogP contribution >= 0.6 is 0 Å². The Morgan fingerprint density at radius 3 is 2.10 bits per heavy atom. The lowest BCUT2D eigenvalue weighted by atomic mass is 9.25. The molecule has 8 aliphatic carbocycles. The molecule has 3 aliphatic heterocycles. The zero-order valence-corrected chi connectivity index (χ0v) is 48.6. The van der Waals surface area contributed by atoms with E-state index in [4.69, 9.17) is 9.47 Å². The van der Waals surface area contributed by atoms with Gasteiger partial charge in [-0.3, -0.25) is 9.59 Å². The second kappa shape index (κ2) is 18.0. The molecule has 11 aliphatic rings. The molecule has 5 heterocycles. The van der Waals surface area contributed by atoms with Crippen molar-refractivity contribution in [3.05, 3.63) is 69.6 Å². The first-order valence-electron chi connectivity index (χ1n) is 32.0. The summed E-state index contributed by atoms with van der Waals surface area (Å²) in [6.07, 6.45) is 30.4. The second-order valence-corrected chi connectivity index (χ2v) is 30.8. The fraction of sp³-hybridized carbons (Fsp3) is 0.768. The van der Waals surface area contributed by atoms with Crippen molar-refractivity contribution >= 4 is 22.6 Å². The average Bonchev–Trinajstić information content (AvgIpc) is 3.66. The van der Waals surface area contributed by atoms with Crippen LogP contribution in [0.25, 0.3) is 11.0 Å². The molecule has 14 rings (SSSR count). The van der Waals surface area contributed by atoms with E-state index in [2.05, 4.69) is 88.6 Å². The van der Waals surface area contributed by atoms with Crippen molar-refractivity contribution in [1.29, 1.82) is 0 Å². The summed E-state index contributed by atoms with van der Waals surface area (Å²) >= 11 is 0. The third kappa shape index (κ3) is 7.39. The number of epoxide rings is 1. The van der Waals surface area contributed by atoms with E-state index >= 15 is 9.59 Å². The van der Waals surface area contributed by atoms with Crippen molar-refractivity contribution in [2.75, 3.05) is 13.2 Å². The maximum Gasteiger partial charge on any atom is 0.160 e. The molecule has 0 bridgehead atoms. The summed E-state index contributed by atoms with van der Waals surface area (Å²) in [7, 11) is 0. The van der Waals surface area contributed by atoms with Gasteiger partial charge in [0, 0.05) is 73.7 Å². The maximum atomic E-state index is 16.1. The number of aromatic nitrogens is 2. The van der Waals surface area contributed by atoms with Crippen LogP contribution in [0, 0.1) is 61.6 Å². The number of aliphatic hydroxyl groups is 2. The topological polar surface area (TPSA) is 117 Å². The molecule has 11 atom stereocenters. The third-order valence-corrected chi connectivity index (χ3v) is 26.6. The lowest BCUT2D eigenvalue weighted by Gasteiger charge is -2.78. The number of aryl methyl sites for hydroxylation is 1. The number of ether oxygens (including phenoxy) is 2. The van der Waals surface area contributed by atoms with Gasteiger partial charge in [-0.15, -0.1) is 0 Å². The van der Waals surface area contributed by atoms with Gasteiger partial charge >= 0.3 is 0 Å². The summed E-state index contributed by atoms with van der Waals surface area (Å²) in [6, 6.07) is 7.67. The van der Waals surface area contributed by atoms with Gasteiger partial charge in [-0.1, -0.05) is 111 Å². The van der Waals surface area contributed by atoms with Crippen molar-refractivity contribution in [3.63, 3.8) is 0 Å². The number of nitrogens with zero attached hydrogens (tertiary/aromatic N) is 1. The minimum Gasteiger partial charge on any atom is -0.392 e. The first-order chi connectivity index (χ1) is 36.8. The van der Waals surface area contributed by atoms with Crippen LogP contribution in [0.2, 0.25) is 0 Å². The first-order valence-corrected chi connectivity index (χ1v) is 32.0. The summed E-state index contributed by atoms with van der Waals surface area (Å²) in [5.74, 6) is 2.13. The molecule has 8 heteroatoms. The first kappa shape index (κ1) is 52.1. The van der Waals surface area contributed by atoms with E-state index in [1.54, 1.807) is 0 Å². The highest BCUT2D eigenvalue weighted by Gasteiger charge is 2.82. The Morgan fingerprint density at radius 1 is 0.779 bits per heavy atom. The summed E-state index contributed by atoms with van der Waals surface area (Å²) in [6.45, 7) is 19.0. The van der Waals surface area contributed by atoms with Crippen LogP contribution in [0.1, 0.15) is 242 Å². The van der Waals surface area contributed by atoms with Crippen molar-refractivity contribution < 1.29 is 29.3 Å². The van der Waals surface area contributed by atoms with Crippen LogP contribution in [0.4, 0.5) is 0 Å². The third-order valence-electron chi connectivity index (χ3n) is 26.6. The number of carbonyl (C=O) groups is 2. The molecule has 9 fully saturated rings. The second-order valence-electron chi connectivity index (χ2n) is 30.8. The van der Waals surface area contributed by atoms with Crippen molar-refractivity contribution in [2.24, 2.45) is 61.6 Å². The van der Waals surface area contributed by atoms with Gasteiger partial charge < -0.3 is 29.2 Å². The van der Waals surface area contributed by atoms with Gasteiger partial charge in [-0.25, -0.2) is 0 Å². The average molecular weight is 1050 g/mol. The van der Waals surface area contributed by atoms with Crippen LogP contribution in [0.15, 0.2) is 41.7 Å². The van der Waals surface area contributed by atoms with E-state index in [1.807, 2.05) is 0 Å². The quantitative estimate of drug-likeness (QED) is 0.194. The predicted molar refractivity (Wildman–Crippen MR) is 304 cm³/mol. The number of carbonyl (C=O) groups excluding carboxylic acids is 2. The molecule has 0 radical (unpaired) electrons. The van der Waals surface area contributed by atoms with E-state index in [-0.39, 0.29) is 45.9 Å². The summed E-state index contributed by atoms with van der Waals surface area (Å²) < 4.78 is 14.7. The Labute approximate surface area is 461 Å². The number of nitrogens with one attached hydrogen (secondary N) is 1. The van der Waals surface area contributed by atoms with Crippen LogP contribution in [-0.2, 0) is 38.4 Å². The van der Waals surface area contributed by atoms with Crippen LogP contribution < -0.4 is 0 Å². The highest BCUT2D eigenvalue weighted by atomic mass is 16.6. The van der Waals surface area contributed by atoms with Gasteiger partial charge in [0.25, 0.3) is 0 Å². The Morgan fingerprint density at radius 2 is 1.43 bits per heavy atom. The SMILES string of the molecule is CC1(C)O[C@@H]1[C@H](O)C[C@]1(C)CCc2c[nH]c3c(Cc4cc(C5CCCCC5)cc(C5CCOCC5)c4)cn(c23)C[C@@H]2C3=C1C(=O)C[C@]3(C)[C@@]1(C)CC3(CCCC3)[C@@H]3[C@](C)([C@H]1[C@@H]2O)C1(CCCC1)CC(=O)[C@@]3(C)C1CCCC1. The monoisotopic (exact) mass is 1050 g/mol. The number of H-pyrrole nitrogens is 1. The Hall–Kier alpha value is -3.04. The number of aromatic amines is 1. The van der Waals surface area contributed by atoms with E-state index in [0.29, 0.717) is 49.3 Å². The summed E-state index contributed by atoms with van der Waals surface area (Å²) in [4.78, 5) is 35.7. The van der Waals surface area contributed by atoms with Crippen LogP contribution in [0.5, 0.6) is 0 Å². The Kier molecular flexibility index (Phi) is 12.2. The molecule has 2 aromatic heterocycles. The van der Waals surface area contributed by atoms with Gasteiger partial charge in [0.15, 0.2) is 5.78 Å². The molecular formula is C69H96N2O6. The zero-order chi connectivity index (χ0) is 53.3. The van der Waals surface area contributed by atoms with Gasteiger partial charge in [0.2, 0.25) is 0 Å². The van der Waals surface area contributed by atoms with Gasteiger partial charge in [0.1, 0.15) is 11.9 Å². The van der Waals surface area contributed by atoms with E-state index in [1.165, 1.54) is 102 Å².